The van der Waals surface area contributed by atoms with Crippen molar-refractivity contribution in [1.29, 1.82) is 0 Å². The molecule has 2 amide bonds. The van der Waals surface area contributed by atoms with Crippen molar-refractivity contribution >= 4 is 71.5 Å². The second-order valence-corrected chi connectivity index (χ2v) is 13.7. The first-order valence-corrected chi connectivity index (χ1v) is 16.1. The van der Waals surface area contributed by atoms with Crippen molar-refractivity contribution in [3.05, 3.63) is 44.8 Å². The molecule has 1 atom stereocenters. The molecule has 1 aliphatic carbocycles. The summed E-state index contributed by atoms with van der Waals surface area (Å²) in [6, 6.07) is 3.80. The number of nitrogens with zero attached hydrogens (tertiary/aromatic N) is 2. The summed E-state index contributed by atoms with van der Waals surface area (Å²) >= 11 is 2.11. The smallest absolute Gasteiger partial charge is 0.341 e. The van der Waals surface area contributed by atoms with Gasteiger partial charge in [0, 0.05) is 4.88 Å². The van der Waals surface area contributed by atoms with E-state index in [1.54, 1.807) is 6.92 Å². The fourth-order valence-corrected chi connectivity index (χ4v) is 8.02. The van der Waals surface area contributed by atoms with Gasteiger partial charge in [-0.05, 0) is 55.9 Å². The van der Waals surface area contributed by atoms with E-state index >= 15 is 0 Å². The number of anilines is 1. The average Bonchev–Trinajstić information content (AvgIpc) is 3.38. The summed E-state index contributed by atoms with van der Waals surface area (Å²) in [5.74, 6) is -5.46. The van der Waals surface area contributed by atoms with Crippen LogP contribution in [0.4, 0.5) is 9.39 Å². The molecule has 15 heteroatoms. The van der Waals surface area contributed by atoms with Crippen molar-refractivity contribution in [2.75, 3.05) is 30.5 Å². The normalized spacial score (nSPS) is 15.4. The second kappa shape index (κ2) is 12.6. The third-order valence-electron chi connectivity index (χ3n) is 6.31. The fraction of sp³-hybridized carbons (Fsp3) is 0.423. The number of ether oxygens (including phenoxy) is 2. The number of benzene rings is 1. The Bertz CT molecular complexity index is 1700. The molecule has 0 spiro atoms. The Morgan fingerprint density at radius 1 is 1.20 bits per heavy atom. The number of carbonyl (C=O) groups is 4. The van der Waals surface area contributed by atoms with E-state index in [1.165, 1.54) is 41.2 Å². The molecule has 1 aromatic carbocycles. The molecule has 0 fully saturated rings. The molecule has 1 aliphatic rings. The number of rotatable bonds is 9. The first-order valence-electron chi connectivity index (χ1n) is 12.7. The highest BCUT2D eigenvalue weighted by atomic mass is 32.2. The van der Waals surface area contributed by atoms with Crippen molar-refractivity contribution in [3.63, 3.8) is 0 Å². The predicted molar refractivity (Wildman–Crippen MR) is 151 cm³/mol. The monoisotopic (exact) mass is 625 g/mol. The van der Waals surface area contributed by atoms with Gasteiger partial charge in [-0.25, -0.2) is 17.6 Å². The van der Waals surface area contributed by atoms with Gasteiger partial charge in [0.05, 0.1) is 29.5 Å². The van der Waals surface area contributed by atoms with Crippen LogP contribution in [0.25, 0.3) is 10.2 Å². The van der Waals surface area contributed by atoms with Crippen LogP contribution in [0.1, 0.15) is 41.1 Å². The van der Waals surface area contributed by atoms with Gasteiger partial charge in [0.2, 0.25) is 5.91 Å². The summed E-state index contributed by atoms with van der Waals surface area (Å²) in [6.07, 6.45) is 2.24. The van der Waals surface area contributed by atoms with Gasteiger partial charge in [0.1, 0.15) is 28.9 Å². The van der Waals surface area contributed by atoms with Crippen molar-refractivity contribution < 1.29 is 41.5 Å². The molecule has 2 aromatic heterocycles. The van der Waals surface area contributed by atoms with E-state index in [4.69, 9.17) is 9.47 Å². The minimum Gasteiger partial charge on any atom is -0.465 e. The van der Waals surface area contributed by atoms with E-state index in [0.717, 1.165) is 34.6 Å². The third kappa shape index (κ3) is 7.26. The van der Waals surface area contributed by atoms with Crippen LogP contribution in [-0.4, -0.2) is 62.0 Å². The zero-order chi connectivity index (χ0) is 29.9. The number of methoxy groups -OCH3 is 1. The number of thiophene rings is 1. The number of esters is 2. The summed E-state index contributed by atoms with van der Waals surface area (Å²) in [5.41, 5.74) is 1.43. The Hall–Kier alpha value is -3.43. The van der Waals surface area contributed by atoms with E-state index in [9.17, 15) is 32.0 Å². The van der Waals surface area contributed by atoms with E-state index in [2.05, 4.69) is 17.2 Å². The molecule has 0 saturated carbocycles. The number of hydrogen-bond donors (Lipinski definition) is 1. The van der Waals surface area contributed by atoms with Crippen molar-refractivity contribution in [2.45, 2.75) is 39.7 Å². The lowest BCUT2D eigenvalue weighted by Gasteiger charge is -2.18. The molecule has 0 radical (unpaired) electrons. The van der Waals surface area contributed by atoms with Gasteiger partial charge in [0.25, 0.3) is 5.91 Å². The van der Waals surface area contributed by atoms with Gasteiger partial charge < -0.3 is 19.4 Å². The number of aromatic nitrogens is 1. The first kappa shape index (κ1) is 30.5. The van der Waals surface area contributed by atoms with Gasteiger partial charge in [0.15, 0.2) is 14.6 Å². The number of thiazole rings is 1. The number of amides is 2. The van der Waals surface area contributed by atoms with Crippen molar-refractivity contribution in [1.82, 2.24) is 4.57 Å². The maximum absolute atomic E-state index is 13.8. The van der Waals surface area contributed by atoms with Crippen LogP contribution in [0.3, 0.4) is 0 Å². The molecule has 0 aliphatic heterocycles. The minimum atomic E-state index is -4.27. The highest BCUT2D eigenvalue weighted by Gasteiger charge is 2.30. The zero-order valence-electron chi connectivity index (χ0n) is 22.5. The Kier molecular flexibility index (Phi) is 9.39. The number of fused-ring (bicyclic) bond motifs is 2. The standard InChI is InChI=1S/C26H28FN3O8S3/c1-4-38-22(33)11-30-17-8-6-15(27)10-19(17)40-26(30)29-21(32)13-41(35,36)12-20(31)28-24-23(25(34)37-3)16-7-5-14(2)9-18(16)39-24/h6,8,10,14H,4-5,7,9,11-13H2,1-3H3,(H,28,31). The highest BCUT2D eigenvalue weighted by Crippen LogP contribution is 2.40. The Morgan fingerprint density at radius 3 is 2.66 bits per heavy atom. The van der Waals surface area contributed by atoms with Crippen LogP contribution in [0, 0.1) is 11.7 Å². The minimum absolute atomic E-state index is 0.0237. The van der Waals surface area contributed by atoms with Crippen LogP contribution < -0.4 is 10.1 Å². The first-order chi connectivity index (χ1) is 19.4. The van der Waals surface area contributed by atoms with Crippen LogP contribution in [-0.2, 0) is 53.1 Å². The molecular formula is C26H28FN3O8S3. The van der Waals surface area contributed by atoms with Crippen LogP contribution >= 0.6 is 22.7 Å². The largest absolute Gasteiger partial charge is 0.465 e. The predicted octanol–water partition coefficient (Wildman–Crippen LogP) is 2.86. The van der Waals surface area contributed by atoms with Crippen LogP contribution in [0.15, 0.2) is 23.2 Å². The summed E-state index contributed by atoms with van der Waals surface area (Å²) in [7, 11) is -3.05. The number of carbonyl (C=O) groups excluding carboxylic acids is 4. The van der Waals surface area contributed by atoms with Crippen LogP contribution in [0.2, 0.25) is 0 Å². The quantitative estimate of drug-likeness (QED) is 0.357. The summed E-state index contributed by atoms with van der Waals surface area (Å²) in [6.45, 7) is 3.51. The Balaban J connectivity index is 1.53. The Labute approximate surface area is 242 Å². The lowest BCUT2D eigenvalue weighted by atomic mass is 9.88. The molecule has 11 nitrogen and oxygen atoms in total. The van der Waals surface area contributed by atoms with Gasteiger partial charge in [-0.2, -0.15) is 4.99 Å². The van der Waals surface area contributed by atoms with E-state index in [-0.39, 0.29) is 28.5 Å². The molecule has 2 heterocycles. The molecule has 4 rings (SSSR count). The molecule has 0 saturated heterocycles. The molecule has 1 unspecified atom stereocenters. The molecule has 0 bridgehead atoms. The molecule has 3 aromatic rings. The molecule has 220 valence electrons. The SMILES string of the molecule is CCOC(=O)Cn1c(=NC(=O)CS(=O)(=O)CC(=O)Nc2sc3c(c2C(=O)OC)CCC(C)C3)sc2cc(F)ccc21. The van der Waals surface area contributed by atoms with E-state index in [1.807, 2.05) is 0 Å². The van der Waals surface area contributed by atoms with E-state index in [0.29, 0.717) is 22.6 Å². The topological polar surface area (TPSA) is 150 Å². The van der Waals surface area contributed by atoms with Crippen molar-refractivity contribution in [3.8, 4) is 0 Å². The lowest BCUT2D eigenvalue weighted by molar-refractivity contribution is -0.143. The van der Waals surface area contributed by atoms with E-state index < -0.39 is 50.9 Å². The number of nitrogens with one attached hydrogen (secondary N) is 1. The second-order valence-electron chi connectivity index (χ2n) is 9.52. The maximum atomic E-state index is 13.8. The average molecular weight is 626 g/mol. The zero-order valence-corrected chi connectivity index (χ0v) is 25.0. The molecular weight excluding hydrogens is 597 g/mol. The third-order valence-corrected chi connectivity index (χ3v) is 9.91. The molecule has 1 N–H and O–H groups in total. The number of hydrogen-bond acceptors (Lipinski definition) is 10. The Morgan fingerprint density at radius 2 is 1.95 bits per heavy atom. The van der Waals surface area contributed by atoms with Gasteiger partial charge in [-0.1, -0.05) is 18.3 Å². The number of sulfone groups is 1. The van der Waals surface area contributed by atoms with Gasteiger partial charge in [-0.3, -0.25) is 14.4 Å². The van der Waals surface area contributed by atoms with Crippen molar-refractivity contribution in [2.24, 2.45) is 10.9 Å². The number of halogens is 1. The highest BCUT2D eigenvalue weighted by molar-refractivity contribution is 7.92. The van der Waals surface area contributed by atoms with Crippen LogP contribution in [0.5, 0.6) is 0 Å². The summed E-state index contributed by atoms with van der Waals surface area (Å²) in [4.78, 5) is 54.8. The summed E-state index contributed by atoms with van der Waals surface area (Å²) in [5, 5.41) is 2.72. The summed E-state index contributed by atoms with van der Waals surface area (Å²) < 4.78 is 50.8. The maximum Gasteiger partial charge on any atom is 0.341 e. The lowest BCUT2D eigenvalue weighted by Crippen LogP contribution is -2.29. The fourth-order valence-electron chi connectivity index (χ4n) is 4.52. The van der Waals surface area contributed by atoms with Gasteiger partial charge in [-0.15, -0.1) is 11.3 Å². The molecule has 41 heavy (non-hydrogen) atoms. The van der Waals surface area contributed by atoms with Gasteiger partial charge >= 0.3 is 11.9 Å².